The summed E-state index contributed by atoms with van der Waals surface area (Å²) in [6, 6.07) is 3.50. The van der Waals surface area contributed by atoms with E-state index in [1.807, 2.05) is 13.0 Å². The number of phenols is 1. The lowest BCUT2D eigenvalue weighted by Gasteiger charge is -2.59. The summed E-state index contributed by atoms with van der Waals surface area (Å²) in [7, 11) is 1.67. The van der Waals surface area contributed by atoms with Crippen molar-refractivity contribution in [2.75, 3.05) is 7.11 Å². The summed E-state index contributed by atoms with van der Waals surface area (Å²) in [6.07, 6.45) is 5.99. The molecular formula is C22H34O3. The molecule has 1 aromatic rings. The molecule has 3 unspecified atom stereocenters. The standard InChI is InChI=1S/C22H34O3/c1-14-8-11-19-21(4,5)12-7-13-22(19,16(14)3)25-20-15(2)18(24-6)10-9-17(20)23/h9-10,14,16,19,23H,7-8,11-13H2,1-6H3/t14?,16?,19?,22-/m1/s1. The van der Waals surface area contributed by atoms with Crippen LogP contribution in [0.4, 0.5) is 0 Å². The van der Waals surface area contributed by atoms with E-state index < -0.39 is 0 Å². The molecule has 25 heavy (non-hydrogen) atoms. The third-order valence-corrected chi connectivity index (χ3v) is 7.30. The molecule has 2 aliphatic carbocycles. The van der Waals surface area contributed by atoms with Crippen LogP contribution in [0.1, 0.15) is 65.4 Å². The van der Waals surface area contributed by atoms with Crippen molar-refractivity contribution >= 4 is 0 Å². The first-order valence-corrected chi connectivity index (χ1v) is 9.78. The highest BCUT2D eigenvalue weighted by atomic mass is 16.5. The highest BCUT2D eigenvalue weighted by molar-refractivity contribution is 5.52. The van der Waals surface area contributed by atoms with Crippen molar-refractivity contribution in [3.63, 3.8) is 0 Å². The highest BCUT2D eigenvalue weighted by Gasteiger charge is 2.57. The van der Waals surface area contributed by atoms with E-state index in [9.17, 15) is 5.11 Å². The monoisotopic (exact) mass is 346 g/mol. The first-order valence-electron chi connectivity index (χ1n) is 9.78. The SMILES string of the molecule is COc1ccc(O)c(O[C@@]23CCCC(C)(C)C2CCC(C)C3C)c1C. The molecule has 3 rings (SSSR count). The molecule has 3 nitrogen and oxygen atoms in total. The largest absolute Gasteiger partial charge is 0.504 e. The Morgan fingerprint density at radius 1 is 1.12 bits per heavy atom. The van der Waals surface area contributed by atoms with Gasteiger partial charge in [-0.25, -0.2) is 0 Å². The molecular weight excluding hydrogens is 312 g/mol. The van der Waals surface area contributed by atoms with Crippen molar-refractivity contribution in [2.24, 2.45) is 23.2 Å². The van der Waals surface area contributed by atoms with Gasteiger partial charge in [0, 0.05) is 11.5 Å². The molecule has 0 spiro atoms. The Kier molecular flexibility index (Phi) is 4.72. The second kappa shape index (κ2) is 6.41. The maximum Gasteiger partial charge on any atom is 0.168 e. The van der Waals surface area contributed by atoms with Gasteiger partial charge >= 0.3 is 0 Å². The van der Waals surface area contributed by atoms with Gasteiger partial charge in [-0.1, -0.05) is 27.7 Å². The zero-order valence-corrected chi connectivity index (χ0v) is 16.7. The second-order valence-electron chi connectivity index (χ2n) is 9.04. The minimum atomic E-state index is -0.200. The molecule has 0 bridgehead atoms. The third-order valence-electron chi connectivity index (χ3n) is 7.30. The lowest BCUT2D eigenvalue weighted by atomic mass is 9.51. The first kappa shape index (κ1) is 18.4. The van der Waals surface area contributed by atoms with E-state index >= 15 is 0 Å². The van der Waals surface area contributed by atoms with Crippen LogP contribution in [0.25, 0.3) is 0 Å². The van der Waals surface area contributed by atoms with Crippen LogP contribution in [0.5, 0.6) is 17.2 Å². The number of fused-ring (bicyclic) bond motifs is 1. The number of aromatic hydroxyl groups is 1. The van der Waals surface area contributed by atoms with Gasteiger partial charge < -0.3 is 14.6 Å². The van der Waals surface area contributed by atoms with E-state index in [4.69, 9.17) is 9.47 Å². The summed E-state index contributed by atoms with van der Waals surface area (Å²) < 4.78 is 12.3. The molecule has 0 radical (unpaired) electrons. The smallest absolute Gasteiger partial charge is 0.168 e. The van der Waals surface area contributed by atoms with E-state index in [-0.39, 0.29) is 16.8 Å². The quantitative estimate of drug-likeness (QED) is 0.761. The Bertz CT molecular complexity index is 636. The average molecular weight is 347 g/mol. The molecule has 2 fully saturated rings. The van der Waals surface area contributed by atoms with Gasteiger partial charge in [0.25, 0.3) is 0 Å². The molecule has 140 valence electrons. The van der Waals surface area contributed by atoms with Crippen LogP contribution in [0, 0.1) is 30.1 Å². The minimum Gasteiger partial charge on any atom is -0.504 e. The van der Waals surface area contributed by atoms with Crippen LogP contribution in [0.3, 0.4) is 0 Å². The van der Waals surface area contributed by atoms with Gasteiger partial charge in [-0.15, -0.1) is 0 Å². The predicted octanol–water partition coefficient (Wildman–Crippen LogP) is 5.72. The van der Waals surface area contributed by atoms with Crippen molar-refractivity contribution in [2.45, 2.75) is 72.3 Å². The number of hydrogen-bond donors (Lipinski definition) is 1. The van der Waals surface area contributed by atoms with Gasteiger partial charge in [-0.3, -0.25) is 0 Å². The van der Waals surface area contributed by atoms with Crippen molar-refractivity contribution < 1.29 is 14.6 Å². The lowest BCUT2D eigenvalue weighted by molar-refractivity contribution is -0.153. The third kappa shape index (κ3) is 2.90. The predicted molar refractivity (Wildman–Crippen MR) is 101 cm³/mol. The average Bonchev–Trinajstić information content (AvgIpc) is 2.55. The van der Waals surface area contributed by atoms with Crippen LogP contribution < -0.4 is 9.47 Å². The normalized spacial score (nSPS) is 34.2. The molecule has 0 saturated heterocycles. The Balaban J connectivity index is 2.08. The van der Waals surface area contributed by atoms with Gasteiger partial charge in [0.15, 0.2) is 11.5 Å². The van der Waals surface area contributed by atoms with E-state index in [0.29, 0.717) is 23.5 Å². The van der Waals surface area contributed by atoms with E-state index in [2.05, 4.69) is 27.7 Å². The number of phenolic OH excluding ortho intramolecular Hbond substituents is 1. The molecule has 1 aromatic carbocycles. The molecule has 3 heteroatoms. The Morgan fingerprint density at radius 2 is 1.84 bits per heavy atom. The topological polar surface area (TPSA) is 38.7 Å². The van der Waals surface area contributed by atoms with Crippen LogP contribution in [-0.4, -0.2) is 17.8 Å². The number of ether oxygens (including phenoxy) is 2. The maximum atomic E-state index is 10.5. The summed E-state index contributed by atoms with van der Waals surface area (Å²) in [5.74, 6) is 3.23. The maximum absolute atomic E-state index is 10.5. The number of methoxy groups -OCH3 is 1. The Hall–Kier alpha value is -1.38. The number of hydrogen-bond acceptors (Lipinski definition) is 3. The molecule has 4 atom stereocenters. The van der Waals surface area contributed by atoms with Crippen LogP contribution in [-0.2, 0) is 0 Å². The van der Waals surface area contributed by atoms with Gasteiger partial charge in [-0.2, -0.15) is 0 Å². The van der Waals surface area contributed by atoms with Crippen molar-refractivity contribution in [1.82, 2.24) is 0 Å². The van der Waals surface area contributed by atoms with E-state index in [1.54, 1.807) is 13.2 Å². The summed E-state index contributed by atoms with van der Waals surface area (Å²) in [6.45, 7) is 11.5. The molecule has 0 aromatic heterocycles. The second-order valence-corrected chi connectivity index (χ2v) is 9.04. The zero-order chi connectivity index (χ0) is 18.4. The lowest BCUT2D eigenvalue weighted by Crippen LogP contribution is -2.60. The summed E-state index contributed by atoms with van der Waals surface area (Å²) in [4.78, 5) is 0. The van der Waals surface area contributed by atoms with Crippen LogP contribution >= 0.6 is 0 Å². The summed E-state index contributed by atoms with van der Waals surface area (Å²) in [5, 5.41) is 10.5. The van der Waals surface area contributed by atoms with E-state index in [1.165, 1.54) is 25.7 Å². The van der Waals surface area contributed by atoms with Gasteiger partial charge in [-0.05, 0) is 68.4 Å². The zero-order valence-electron chi connectivity index (χ0n) is 16.7. The fraction of sp³-hybridized carbons (Fsp3) is 0.727. The number of rotatable bonds is 3. The molecule has 0 aliphatic heterocycles. The molecule has 0 amide bonds. The van der Waals surface area contributed by atoms with Gasteiger partial charge in [0.05, 0.1) is 7.11 Å². The summed E-state index contributed by atoms with van der Waals surface area (Å²) in [5.41, 5.74) is 0.965. The fourth-order valence-corrected chi connectivity index (χ4v) is 5.59. The number of benzene rings is 1. The van der Waals surface area contributed by atoms with Crippen molar-refractivity contribution in [3.05, 3.63) is 17.7 Å². The molecule has 0 heterocycles. The first-order chi connectivity index (χ1) is 11.7. The Labute approximate surface area is 152 Å². The summed E-state index contributed by atoms with van der Waals surface area (Å²) >= 11 is 0. The fourth-order valence-electron chi connectivity index (χ4n) is 5.59. The highest BCUT2D eigenvalue weighted by Crippen LogP contribution is 2.58. The van der Waals surface area contributed by atoms with Crippen LogP contribution in [0.15, 0.2) is 12.1 Å². The molecule has 2 aliphatic rings. The van der Waals surface area contributed by atoms with E-state index in [0.717, 1.165) is 17.7 Å². The molecule has 1 N–H and O–H groups in total. The van der Waals surface area contributed by atoms with Gasteiger partial charge in [0.1, 0.15) is 11.4 Å². The van der Waals surface area contributed by atoms with Gasteiger partial charge in [0.2, 0.25) is 0 Å². The van der Waals surface area contributed by atoms with Crippen molar-refractivity contribution in [3.8, 4) is 17.2 Å². The minimum absolute atomic E-state index is 0.200. The van der Waals surface area contributed by atoms with Crippen LogP contribution in [0.2, 0.25) is 0 Å². The van der Waals surface area contributed by atoms with Crippen molar-refractivity contribution in [1.29, 1.82) is 0 Å². The Morgan fingerprint density at radius 3 is 2.52 bits per heavy atom. The molecule has 2 saturated carbocycles.